The van der Waals surface area contributed by atoms with E-state index in [1.807, 2.05) is 0 Å². The number of ether oxygens (including phenoxy) is 4. The van der Waals surface area contributed by atoms with Crippen LogP contribution in [0.5, 0.6) is 0 Å². The van der Waals surface area contributed by atoms with Gasteiger partial charge in [-0.2, -0.15) is 12.6 Å². The lowest BCUT2D eigenvalue weighted by atomic mass is 10.3. The van der Waals surface area contributed by atoms with Crippen LogP contribution >= 0.6 is 12.6 Å². The van der Waals surface area contributed by atoms with Gasteiger partial charge in [-0.3, -0.25) is 4.79 Å². The van der Waals surface area contributed by atoms with Crippen molar-refractivity contribution in [2.45, 2.75) is 31.9 Å². The maximum Gasteiger partial charge on any atom is 0.170 e. The molecule has 0 aliphatic heterocycles. The monoisotopic (exact) mass is 308 g/mol. The van der Waals surface area contributed by atoms with Crippen LogP contribution in [-0.4, -0.2) is 63.9 Å². The van der Waals surface area contributed by atoms with Crippen molar-refractivity contribution >= 4 is 18.4 Å². The van der Waals surface area contributed by atoms with E-state index in [-0.39, 0.29) is 17.6 Å². The van der Waals surface area contributed by atoms with Gasteiger partial charge in [-0.25, -0.2) is 0 Å². The molecule has 0 rings (SSSR count). The number of rotatable bonds is 15. The highest BCUT2D eigenvalue weighted by molar-refractivity contribution is 7.81. The molecule has 0 saturated heterocycles. The number of unbranched alkanes of at least 4 members (excludes halogenated alkanes) is 1. The highest BCUT2D eigenvalue weighted by Gasteiger charge is 2.06. The first-order chi connectivity index (χ1) is 9.68. The Morgan fingerprint density at radius 1 is 0.900 bits per heavy atom. The molecule has 0 saturated carbocycles. The highest BCUT2D eigenvalue weighted by Crippen LogP contribution is 1.94. The molecule has 0 N–H and O–H groups in total. The average Bonchev–Trinajstić information content (AvgIpc) is 2.43. The van der Waals surface area contributed by atoms with Gasteiger partial charge >= 0.3 is 0 Å². The molecule has 0 fully saturated rings. The fourth-order valence-electron chi connectivity index (χ4n) is 1.20. The Balaban J connectivity index is 3.04. The number of Topliss-reactive ketones (excluding diaryl/α,β-unsaturated/α-hetero) is 1. The standard InChI is InChI=1S/C14H28O5S/c1-3-4-5-16-6-7-17-8-9-18-10-11-19-12-14(15)13(2)20/h13,20H,3-12H2,1-2H3. The lowest BCUT2D eigenvalue weighted by molar-refractivity contribution is -0.123. The summed E-state index contributed by atoms with van der Waals surface area (Å²) in [6.45, 7) is 7.93. The summed E-state index contributed by atoms with van der Waals surface area (Å²) in [7, 11) is 0. The largest absolute Gasteiger partial charge is 0.379 e. The molecule has 0 aliphatic rings. The summed E-state index contributed by atoms with van der Waals surface area (Å²) in [6, 6.07) is 0. The molecule has 1 atom stereocenters. The Hall–Kier alpha value is -0.140. The normalized spacial score (nSPS) is 12.6. The third-order valence-electron chi connectivity index (χ3n) is 2.47. The second-order valence-corrected chi connectivity index (χ2v) is 5.16. The number of thiol groups is 1. The van der Waals surface area contributed by atoms with E-state index in [4.69, 9.17) is 18.9 Å². The maximum atomic E-state index is 11.2. The van der Waals surface area contributed by atoms with Crippen LogP contribution in [0, 0.1) is 0 Å². The zero-order chi connectivity index (χ0) is 15.1. The molecule has 0 aromatic rings. The van der Waals surface area contributed by atoms with E-state index in [2.05, 4.69) is 19.6 Å². The zero-order valence-corrected chi connectivity index (χ0v) is 13.5. The summed E-state index contributed by atoms with van der Waals surface area (Å²) >= 11 is 4.02. The smallest absolute Gasteiger partial charge is 0.170 e. The minimum atomic E-state index is -0.274. The number of carbonyl (C=O) groups excluding carboxylic acids is 1. The predicted molar refractivity (Wildman–Crippen MR) is 81.6 cm³/mol. The molecule has 0 aliphatic carbocycles. The van der Waals surface area contributed by atoms with Crippen LogP contribution in [-0.2, 0) is 23.7 Å². The van der Waals surface area contributed by atoms with Crippen molar-refractivity contribution in [2.24, 2.45) is 0 Å². The van der Waals surface area contributed by atoms with Gasteiger partial charge in [0.05, 0.1) is 44.9 Å². The van der Waals surface area contributed by atoms with E-state index in [0.29, 0.717) is 39.6 Å². The first kappa shape index (κ1) is 19.9. The minimum Gasteiger partial charge on any atom is -0.379 e. The molecule has 0 radical (unpaired) electrons. The molecule has 120 valence electrons. The molecule has 0 aromatic carbocycles. The van der Waals surface area contributed by atoms with Crippen molar-refractivity contribution in [1.82, 2.24) is 0 Å². The van der Waals surface area contributed by atoms with Gasteiger partial charge in [-0.05, 0) is 13.3 Å². The van der Waals surface area contributed by atoms with Gasteiger partial charge in [0.2, 0.25) is 0 Å². The van der Waals surface area contributed by atoms with Crippen molar-refractivity contribution in [3.8, 4) is 0 Å². The topological polar surface area (TPSA) is 54.0 Å². The zero-order valence-electron chi connectivity index (χ0n) is 12.6. The summed E-state index contributed by atoms with van der Waals surface area (Å²) in [4.78, 5) is 11.2. The molecule has 20 heavy (non-hydrogen) atoms. The fraction of sp³-hybridized carbons (Fsp3) is 0.929. The lowest BCUT2D eigenvalue weighted by Crippen LogP contribution is -2.19. The van der Waals surface area contributed by atoms with Gasteiger partial charge in [0.25, 0.3) is 0 Å². The summed E-state index contributed by atoms with van der Waals surface area (Å²) in [6.07, 6.45) is 2.24. The number of carbonyl (C=O) groups is 1. The van der Waals surface area contributed by atoms with Crippen molar-refractivity contribution in [1.29, 1.82) is 0 Å². The molecule has 5 nitrogen and oxygen atoms in total. The Labute approximate surface area is 127 Å². The first-order valence-electron chi connectivity index (χ1n) is 7.20. The predicted octanol–water partition coefficient (Wildman–Crippen LogP) is 1.74. The van der Waals surface area contributed by atoms with Crippen LogP contribution in [0.15, 0.2) is 0 Å². The number of ketones is 1. The SMILES string of the molecule is CCCCOCCOCCOCCOCC(=O)C(C)S. The van der Waals surface area contributed by atoms with E-state index in [1.54, 1.807) is 6.92 Å². The molecule has 0 aromatic heterocycles. The average molecular weight is 308 g/mol. The van der Waals surface area contributed by atoms with E-state index in [1.165, 1.54) is 0 Å². The van der Waals surface area contributed by atoms with E-state index in [0.717, 1.165) is 19.4 Å². The molecular weight excluding hydrogens is 280 g/mol. The van der Waals surface area contributed by atoms with E-state index >= 15 is 0 Å². The second kappa shape index (κ2) is 15.3. The quantitative estimate of drug-likeness (QED) is 0.369. The second-order valence-electron chi connectivity index (χ2n) is 4.39. The molecule has 0 heterocycles. The Bertz CT molecular complexity index is 224. The molecule has 0 spiro atoms. The first-order valence-corrected chi connectivity index (χ1v) is 7.71. The highest BCUT2D eigenvalue weighted by atomic mass is 32.1. The summed E-state index contributed by atoms with van der Waals surface area (Å²) < 4.78 is 21.1. The van der Waals surface area contributed by atoms with Gasteiger partial charge in [0.1, 0.15) is 6.61 Å². The van der Waals surface area contributed by atoms with Crippen molar-refractivity contribution in [3.05, 3.63) is 0 Å². The third kappa shape index (κ3) is 14.3. The van der Waals surface area contributed by atoms with Gasteiger partial charge in [0, 0.05) is 6.61 Å². The van der Waals surface area contributed by atoms with Crippen molar-refractivity contribution in [3.63, 3.8) is 0 Å². The van der Waals surface area contributed by atoms with Crippen LogP contribution in [0.1, 0.15) is 26.7 Å². The van der Waals surface area contributed by atoms with Crippen LogP contribution in [0.25, 0.3) is 0 Å². The third-order valence-corrected chi connectivity index (χ3v) is 2.76. The van der Waals surface area contributed by atoms with E-state index in [9.17, 15) is 4.79 Å². The van der Waals surface area contributed by atoms with Gasteiger partial charge < -0.3 is 18.9 Å². The van der Waals surface area contributed by atoms with Crippen LogP contribution < -0.4 is 0 Å². The molecule has 6 heteroatoms. The Kier molecular flexibility index (Phi) is 15.1. The summed E-state index contributed by atoms with van der Waals surface area (Å²) in [5, 5.41) is -0.274. The Morgan fingerprint density at radius 3 is 1.80 bits per heavy atom. The number of hydrogen-bond acceptors (Lipinski definition) is 6. The molecule has 0 bridgehead atoms. The Morgan fingerprint density at radius 2 is 1.35 bits per heavy atom. The maximum absolute atomic E-state index is 11.2. The van der Waals surface area contributed by atoms with E-state index < -0.39 is 0 Å². The van der Waals surface area contributed by atoms with Crippen LogP contribution in [0.2, 0.25) is 0 Å². The van der Waals surface area contributed by atoms with Gasteiger partial charge in [0.15, 0.2) is 5.78 Å². The molecule has 0 amide bonds. The molecular formula is C14H28O5S. The van der Waals surface area contributed by atoms with Crippen LogP contribution in [0.4, 0.5) is 0 Å². The number of hydrogen-bond donors (Lipinski definition) is 1. The van der Waals surface area contributed by atoms with Crippen molar-refractivity contribution < 1.29 is 23.7 Å². The lowest BCUT2D eigenvalue weighted by Gasteiger charge is -2.07. The molecule has 1 unspecified atom stereocenters. The summed E-state index contributed by atoms with van der Waals surface area (Å²) in [5.41, 5.74) is 0. The fourth-order valence-corrected chi connectivity index (χ4v) is 1.27. The van der Waals surface area contributed by atoms with Gasteiger partial charge in [-0.15, -0.1) is 0 Å². The van der Waals surface area contributed by atoms with Gasteiger partial charge in [-0.1, -0.05) is 13.3 Å². The van der Waals surface area contributed by atoms with Crippen LogP contribution in [0.3, 0.4) is 0 Å². The minimum absolute atomic E-state index is 0.0141. The van der Waals surface area contributed by atoms with Crippen molar-refractivity contribution in [2.75, 3.05) is 52.9 Å². The summed E-state index contributed by atoms with van der Waals surface area (Å²) in [5.74, 6) is -0.0141.